The van der Waals surface area contributed by atoms with E-state index in [-0.39, 0.29) is 31.4 Å². The summed E-state index contributed by atoms with van der Waals surface area (Å²) < 4.78 is 5.29. The normalized spacial score (nSPS) is 10.7. The number of aromatic nitrogens is 2. The molecule has 0 aliphatic carbocycles. The predicted octanol–water partition coefficient (Wildman–Crippen LogP) is 4.40. The van der Waals surface area contributed by atoms with E-state index < -0.39 is 0 Å². The second-order valence-corrected chi connectivity index (χ2v) is 6.74. The number of halogens is 3. The summed E-state index contributed by atoms with van der Waals surface area (Å²) in [5.41, 5.74) is 3.35. The lowest BCUT2D eigenvalue weighted by Gasteiger charge is -2.19. The Kier molecular flexibility index (Phi) is 10.7. The third kappa shape index (κ3) is 6.20. The van der Waals surface area contributed by atoms with Gasteiger partial charge in [-0.05, 0) is 43.8 Å². The smallest absolute Gasteiger partial charge is 0.213 e. The number of anilines is 1. The van der Waals surface area contributed by atoms with Crippen molar-refractivity contribution < 1.29 is 9.84 Å². The van der Waals surface area contributed by atoms with Crippen LogP contribution in [0.3, 0.4) is 0 Å². The van der Waals surface area contributed by atoms with E-state index in [4.69, 9.17) is 26.4 Å². The van der Waals surface area contributed by atoms with Crippen LogP contribution < -0.4 is 10.1 Å². The Morgan fingerprint density at radius 3 is 2.59 bits per heavy atom. The minimum atomic E-state index is 0. The molecule has 0 aliphatic rings. The van der Waals surface area contributed by atoms with Crippen LogP contribution in [0, 0.1) is 0 Å². The lowest BCUT2D eigenvalue weighted by atomic mass is 10.1. The molecule has 0 atom stereocenters. The number of nitrogens with one attached hydrogen (secondary N) is 1. The number of benzene rings is 1. The predicted molar refractivity (Wildman–Crippen MR) is 125 cm³/mol. The van der Waals surface area contributed by atoms with Gasteiger partial charge in [0.05, 0.1) is 30.4 Å². The summed E-state index contributed by atoms with van der Waals surface area (Å²) in [6.07, 6.45) is 0.955. The molecule has 1 aromatic carbocycles. The number of hydrogen-bond acceptors (Lipinski definition) is 6. The van der Waals surface area contributed by atoms with E-state index in [2.05, 4.69) is 22.1 Å². The molecular formula is C20H27Cl3N4O2. The first-order chi connectivity index (χ1) is 13.2. The third-order valence-electron chi connectivity index (χ3n) is 4.58. The van der Waals surface area contributed by atoms with Crippen LogP contribution in [-0.4, -0.2) is 59.9 Å². The molecule has 2 N–H and O–H groups in total. The maximum absolute atomic E-state index is 9.12. The van der Waals surface area contributed by atoms with Crippen LogP contribution in [0.25, 0.3) is 21.9 Å². The van der Waals surface area contributed by atoms with Gasteiger partial charge in [0, 0.05) is 29.6 Å². The van der Waals surface area contributed by atoms with Gasteiger partial charge in [-0.15, -0.1) is 24.8 Å². The first kappa shape index (κ1) is 25.5. The van der Waals surface area contributed by atoms with Gasteiger partial charge in [0.25, 0.3) is 0 Å². The van der Waals surface area contributed by atoms with Gasteiger partial charge in [-0.2, -0.15) is 0 Å². The lowest BCUT2D eigenvalue weighted by molar-refractivity contribution is 0.202. The zero-order chi connectivity index (χ0) is 19.2. The van der Waals surface area contributed by atoms with Gasteiger partial charge in [0.1, 0.15) is 5.52 Å². The summed E-state index contributed by atoms with van der Waals surface area (Å²) >= 11 is 6.16. The molecule has 29 heavy (non-hydrogen) atoms. The molecule has 3 aromatic rings. The molecule has 0 unspecified atom stereocenters. The highest BCUT2D eigenvalue weighted by molar-refractivity contribution is 6.31. The van der Waals surface area contributed by atoms with Crippen LogP contribution in [0.15, 0.2) is 30.3 Å². The Balaban J connectivity index is 0.00000210. The van der Waals surface area contributed by atoms with Crippen LogP contribution in [0.5, 0.6) is 5.88 Å². The molecule has 0 radical (unpaired) electrons. The highest BCUT2D eigenvalue weighted by atomic mass is 35.5. The van der Waals surface area contributed by atoms with Crippen molar-refractivity contribution in [3.8, 4) is 5.88 Å². The fourth-order valence-electron chi connectivity index (χ4n) is 3.15. The Bertz CT molecular complexity index is 927. The Morgan fingerprint density at radius 1 is 1.10 bits per heavy atom. The number of hydrogen-bond donors (Lipinski definition) is 2. The summed E-state index contributed by atoms with van der Waals surface area (Å²) in [5, 5.41) is 14.3. The SMILES string of the molecule is CCN(CCO)CCCNc1c2ccc(Cl)cc2nc2ccc(OC)nc12.Cl.Cl. The molecule has 2 heterocycles. The number of nitrogens with zero attached hydrogens (tertiary/aromatic N) is 3. The molecule has 0 aliphatic heterocycles. The van der Waals surface area contributed by atoms with E-state index in [1.165, 1.54) is 0 Å². The van der Waals surface area contributed by atoms with Crippen molar-refractivity contribution in [1.82, 2.24) is 14.9 Å². The van der Waals surface area contributed by atoms with Gasteiger partial charge in [0.2, 0.25) is 5.88 Å². The van der Waals surface area contributed by atoms with Crippen molar-refractivity contribution >= 4 is 64.0 Å². The average Bonchev–Trinajstić information content (AvgIpc) is 2.68. The van der Waals surface area contributed by atoms with Crippen molar-refractivity contribution in [1.29, 1.82) is 0 Å². The van der Waals surface area contributed by atoms with Crippen LogP contribution >= 0.6 is 36.4 Å². The number of methoxy groups -OCH3 is 1. The summed E-state index contributed by atoms with van der Waals surface area (Å²) in [4.78, 5) is 11.5. The van der Waals surface area contributed by atoms with Gasteiger partial charge in [-0.25, -0.2) is 9.97 Å². The van der Waals surface area contributed by atoms with Crippen LogP contribution in [-0.2, 0) is 0 Å². The molecule has 6 nitrogen and oxygen atoms in total. The van der Waals surface area contributed by atoms with Gasteiger partial charge in [-0.1, -0.05) is 18.5 Å². The largest absolute Gasteiger partial charge is 0.481 e. The van der Waals surface area contributed by atoms with Gasteiger partial charge < -0.3 is 20.1 Å². The van der Waals surface area contributed by atoms with E-state index in [0.29, 0.717) is 17.4 Å². The average molecular weight is 462 g/mol. The van der Waals surface area contributed by atoms with Gasteiger partial charge >= 0.3 is 0 Å². The standard InChI is InChI=1S/C20H25ClN4O2.2ClH/c1-3-25(11-12-26)10-4-9-22-19-15-6-5-14(21)13-17(15)23-16-7-8-18(27-2)24-20(16)19;;/h5-8,13,26H,3-4,9-12H2,1-2H3,(H,22,23);2*1H. The molecule has 0 spiro atoms. The molecular weight excluding hydrogens is 435 g/mol. The second-order valence-electron chi connectivity index (χ2n) is 6.31. The van der Waals surface area contributed by atoms with Crippen molar-refractivity contribution in [2.45, 2.75) is 13.3 Å². The molecule has 2 aromatic heterocycles. The van der Waals surface area contributed by atoms with Gasteiger partial charge in [0.15, 0.2) is 0 Å². The number of fused-ring (bicyclic) bond motifs is 2. The Morgan fingerprint density at radius 2 is 1.90 bits per heavy atom. The molecule has 0 saturated carbocycles. The molecule has 0 amide bonds. The summed E-state index contributed by atoms with van der Waals surface area (Å²) in [7, 11) is 1.61. The highest BCUT2D eigenvalue weighted by Gasteiger charge is 2.12. The number of ether oxygens (including phenoxy) is 1. The topological polar surface area (TPSA) is 70.5 Å². The molecule has 0 fully saturated rings. The molecule has 3 rings (SSSR count). The van der Waals surface area contributed by atoms with Gasteiger partial charge in [-0.3, -0.25) is 0 Å². The molecule has 0 bridgehead atoms. The number of likely N-dealkylation sites (N-methyl/N-ethyl adjacent to an activating group) is 1. The van der Waals surface area contributed by atoms with Crippen molar-refractivity contribution in [3.05, 3.63) is 35.4 Å². The lowest BCUT2D eigenvalue weighted by Crippen LogP contribution is -2.28. The minimum absolute atomic E-state index is 0. The zero-order valence-electron chi connectivity index (χ0n) is 16.5. The maximum Gasteiger partial charge on any atom is 0.213 e. The summed E-state index contributed by atoms with van der Waals surface area (Å²) in [5.74, 6) is 0.556. The third-order valence-corrected chi connectivity index (χ3v) is 4.82. The van der Waals surface area contributed by atoms with Crippen LogP contribution in [0.1, 0.15) is 13.3 Å². The number of pyridine rings is 2. The maximum atomic E-state index is 9.12. The molecule has 160 valence electrons. The van der Waals surface area contributed by atoms with E-state index in [9.17, 15) is 0 Å². The fraction of sp³-hybridized carbons (Fsp3) is 0.400. The summed E-state index contributed by atoms with van der Waals surface area (Å²) in [6.45, 7) is 5.64. The number of aliphatic hydroxyl groups excluding tert-OH is 1. The van der Waals surface area contributed by atoms with E-state index in [1.54, 1.807) is 7.11 Å². The number of rotatable bonds is 9. The van der Waals surface area contributed by atoms with Crippen LogP contribution in [0.4, 0.5) is 5.69 Å². The van der Waals surface area contributed by atoms with Crippen LogP contribution in [0.2, 0.25) is 5.02 Å². The molecule has 0 saturated heterocycles. The zero-order valence-corrected chi connectivity index (χ0v) is 18.9. The first-order valence-corrected chi connectivity index (χ1v) is 9.55. The minimum Gasteiger partial charge on any atom is -0.481 e. The highest BCUT2D eigenvalue weighted by Crippen LogP contribution is 2.32. The van der Waals surface area contributed by atoms with E-state index in [1.807, 2.05) is 30.3 Å². The number of aliphatic hydroxyl groups is 1. The quantitative estimate of drug-likeness (QED) is 0.363. The molecule has 9 heteroatoms. The van der Waals surface area contributed by atoms with E-state index >= 15 is 0 Å². The van der Waals surface area contributed by atoms with E-state index in [0.717, 1.165) is 53.7 Å². The Hall–Kier alpha value is -1.57. The second kappa shape index (κ2) is 12.2. The Labute approximate surface area is 188 Å². The fourth-order valence-corrected chi connectivity index (χ4v) is 3.32. The van der Waals surface area contributed by atoms with Crippen molar-refractivity contribution in [2.24, 2.45) is 0 Å². The van der Waals surface area contributed by atoms with Crippen molar-refractivity contribution in [3.63, 3.8) is 0 Å². The van der Waals surface area contributed by atoms with Crippen molar-refractivity contribution in [2.75, 3.05) is 45.2 Å². The first-order valence-electron chi connectivity index (χ1n) is 9.17. The monoisotopic (exact) mass is 460 g/mol. The summed E-state index contributed by atoms with van der Waals surface area (Å²) in [6, 6.07) is 9.42.